The summed E-state index contributed by atoms with van der Waals surface area (Å²) in [6.45, 7) is 1.90. The lowest BCUT2D eigenvalue weighted by molar-refractivity contribution is -0.136. The molecular formula is C8H12N2O2S. The summed E-state index contributed by atoms with van der Waals surface area (Å²) in [5, 5.41) is 11.2. The van der Waals surface area contributed by atoms with Crippen molar-refractivity contribution >= 4 is 17.3 Å². The van der Waals surface area contributed by atoms with Gasteiger partial charge in [-0.25, -0.2) is 4.98 Å². The van der Waals surface area contributed by atoms with Crippen LogP contribution in [0, 0.1) is 0 Å². The van der Waals surface area contributed by atoms with Crippen LogP contribution < -0.4 is 5.73 Å². The Labute approximate surface area is 80.4 Å². The van der Waals surface area contributed by atoms with Crippen molar-refractivity contribution in [3.8, 4) is 0 Å². The van der Waals surface area contributed by atoms with Crippen molar-refractivity contribution in [1.29, 1.82) is 0 Å². The molecule has 1 atom stereocenters. The summed E-state index contributed by atoms with van der Waals surface area (Å²) in [7, 11) is 0. The van der Waals surface area contributed by atoms with Crippen LogP contribution in [0.2, 0.25) is 0 Å². The summed E-state index contributed by atoms with van der Waals surface area (Å²) < 4.78 is 0. The summed E-state index contributed by atoms with van der Waals surface area (Å²) in [4.78, 5) is 14.5. The van der Waals surface area contributed by atoms with Gasteiger partial charge in [-0.15, -0.1) is 11.3 Å². The molecule has 0 saturated carbocycles. The molecule has 0 aromatic carbocycles. The SMILES string of the molecule is CC(N)Cc1nc(CC(=O)O)cs1. The van der Waals surface area contributed by atoms with E-state index in [1.54, 1.807) is 5.38 Å². The highest BCUT2D eigenvalue weighted by molar-refractivity contribution is 7.09. The van der Waals surface area contributed by atoms with Crippen LogP contribution in [0.3, 0.4) is 0 Å². The number of carboxylic acids is 1. The van der Waals surface area contributed by atoms with Crippen molar-refractivity contribution in [3.63, 3.8) is 0 Å². The van der Waals surface area contributed by atoms with Gasteiger partial charge in [0.25, 0.3) is 0 Å². The van der Waals surface area contributed by atoms with Gasteiger partial charge >= 0.3 is 5.97 Å². The van der Waals surface area contributed by atoms with Crippen LogP contribution >= 0.6 is 11.3 Å². The van der Waals surface area contributed by atoms with Crippen molar-refractivity contribution < 1.29 is 9.90 Å². The standard InChI is InChI=1S/C8H12N2O2S/c1-5(9)2-7-10-6(4-13-7)3-8(11)12/h4-5H,2-3,9H2,1H3,(H,11,12). The Bertz CT molecular complexity index is 296. The average molecular weight is 200 g/mol. The summed E-state index contributed by atoms with van der Waals surface area (Å²) in [6.07, 6.45) is 0.708. The normalized spacial score (nSPS) is 12.8. The van der Waals surface area contributed by atoms with Crippen LogP contribution in [0.25, 0.3) is 0 Å². The minimum absolute atomic E-state index is 0.00451. The number of carboxylic acid groups (broad SMARTS) is 1. The minimum atomic E-state index is -0.849. The molecule has 72 valence electrons. The van der Waals surface area contributed by atoms with Gasteiger partial charge in [0.15, 0.2) is 0 Å². The number of carbonyl (C=O) groups is 1. The molecule has 13 heavy (non-hydrogen) atoms. The summed E-state index contributed by atoms with van der Waals surface area (Å²) in [5.74, 6) is -0.849. The van der Waals surface area contributed by atoms with Gasteiger partial charge in [0.1, 0.15) is 0 Å². The molecule has 0 bridgehead atoms. The molecule has 1 heterocycles. The quantitative estimate of drug-likeness (QED) is 0.748. The molecule has 5 heteroatoms. The highest BCUT2D eigenvalue weighted by Crippen LogP contribution is 2.11. The van der Waals surface area contributed by atoms with E-state index in [0.29, 0.717) is 12.1 Å². The smallest absolute Gasteiger partial charge is 0.309 e. The molecular weight excluding hydrogens is 188 g/mol. The third-order valence-corrected chi connectivity index (χ3v) is 2.35. The van der Waals surface area contributed by atoms with Gasteiger partial charge in [0.2, 0.25) is 0 Å². The second-order valence-corrected chi connectivity index (χ2v) is 3.93. The number of nitrogens with zero attached hydrogens (tertiary/aromatic N) is 1. The van der Waals surface area contributed by atoms with E-state index in [1.807, 2.05) is 6.92 Å². The Hall–Kier alpha value is -0.940. The molecule has 0 aliphatic rings. The first kappa shape index (κ1) is 10.1. The summed E-state index contributed by atoms with van der Waals surface area (Å²) >= 11 is 1.47. The third kappa shape index (κ3) is 3.52. The number of rotatable bonds is 4. The van der Waals surface area contributed by atoms with Crippen LogP contribution in [0.15, 0.2) is 5.38 Å². The second-order valence-electron chi connectivity index (χ2n) is 2.98. The Morgan fingerprint density at radius 2 is 2.54 bits per heavy atom. The van der Waals surface area contributed by atoms with Gasteiger partial charge in [-0.1, -0.05) is 0 Å². The molecule has 0 saturated heterocycles. The Balaban J connectivity index is 2.58. The first-order chi connectivity index (χ1) is 6.08. The molecule has 0 aliphatic carbocycles. The zero-order valence-corrected chi connectivity index (χ0v) is 8.17. The van der Waals surface area contributed by atoms with E-state index in [4.69, 9.17) is 10.8 Å². The summed E-state index contributed by atoms with van der Waals surface area (Å²) in [5.41, 5.74) is 6.20. The van der Waals surface area contributed by atoms with Gasteiger partial charge < -0.3 is 10.8 Å². The number of aromatic nitrogens is 1. The molecule has 0 fully saturated rings. The van der Waals surface area contributed by atoms with Crippen LogP contribution in [0.5, 0.6) is 0 Å². The maximum absolute atomic E-state index is 10.3. The van der Waals surface area contributed by atoms with E-state index < -0.39 is 5.97 Å². The maximum Gasteiger partial charge on any atom is 0.309 e. The molecule has 4 nitrogen and oxygen atoms in total. The van der Waals surface area contributed by atoms with Crippen LogP contribution in [0.4, 0.5) is 0 Å². The molecule has 3 N–H and O–H groups in total. The fourth-order valence-corrected chi connectivity index (χ4v) is 1.89. The first-order valence-electron chi connectivity index (χ1n) is 3.98. The lowest BCUT2D eigenvalue weighted by Gasteiger charge is -1.98. The van der Waals surface area contributed by atoms with Gasteiger partial charge in [-0.05, 0) is 6.92 Å². The topological polar surface area (TPSA) is 76.2 Å². The Morgan fingerprint density at radius 3 is 3.08 bits per heavy atom. The predicted octanol–water partition coefficient (Wildman–Crippen LogP) is 0.660. The van der Waals surface area contributed by atoms with E-state index in [2.05, 4.69) is 4.98 Å². The molecule has 1 aromatic heterocycles. The molecule has 1 unspecified atom stereocenters. The predicted molar refractivity (Wildman–Crippen MR) is 50.8 cm³/mol. The zero-order valence-electron chi connectivity index (χ0n) is 7.36. The van der Waals surface area contributed by atoms with Crippen molar-refractivity contribution in [2.24, 2.45) is 5.73 Å². The fraction of sp³-hybridized carbons (Fsp3) is 0.500. The van der Waals surface area contributed by atoms with Gasteiger partial charge in [0.05, 0.1) is 17.1 Å². The Morgan fingerprint density at radius 1 is 1.85 bits per heavy atom. The van der Waals surface area contributed by atoms with Crippen molar-refractivity contribution in [1.82, 2.24) is 4.98 Å². The molecule has 0 aliphatic heterocycles. The molecule has 0 spiro atoms. The second kappa shape index (κ2) is 4.34. The van der Waals surface area contributed by atoms with E-state index in [0.717, 1.165) is 5.01 Å². The molecule has 0 amide bonds. The molecule has 1 aromatic rings. The third-order valence-electron chi connectivity index (χ3n) is 1.43. The number of thiazole rings is 1. The summed E-state index contributed by atoms with van der Waals surface area (Å²) in [6, 6.07) is 0.0730. The number of hydrogen-bond donors (Lipinski definition) is 2. The van der Waals surface area contributed by atoms with E-state index in [9.17, 15) is 4.79 Å². The molecule has 1 rings (SSSR count). The van der Waals surface area contributed by atoms with Gasteiger partial charge in [0, 0.05) is 17.8 Å². The Kier molecular flexibility index (Phi) is 3.39. The lowest BCUT2D eigenvalue weighted by atomic mass is 10.3. The first-order valence-corrected chi connectivity index (χ1v) is 4.86. The average Bonchev–Trinajstić information content (AvgIpc) is 2.33. The highest BCUT2D eigenvalue weighted by Gasteiger charge is 2.07. The number of nitrogens with two attached hydrogens (primary N) is 1. The van der Waals surface area contributed by atoms with Crippen LogP contribution in [-0.2, 0) is 17.6 Å². The molecule has 0 radical (unpaired) electrons. The minimum Gasteiger partial charge on any atom is -0.481 e. The largest absolute Gasteiger partial charge is 0.481 e. The van der Waals surface area contributed by atoms with E-state index in [1.165, 1.54) is 11.3 Å². The van der Waals surface area contributed by atoms with E-state index >= 15 is 0 Å². The van der Waals surface area contributed by atoms with E-state index in [-0.39, 0.29) is 12.5 Å². The van der Waals surface area contributed by atoms with Gasteiger partial charge in [-0.3, -0.25) is 4.79 Å². The lowest BCUT2D eigenvalue weighted by Crippen LogP contribution is -2.17. The number of hydrogen-bond acceptors (Lipinski definition) is 4. The van der Waals surface area contributed by atoms with Crippen molar-refractivity contribution in [2.75, 3.05) is 0 Å². The van der Waals surface area contributed by atoms with Crippen LogP contribution in [-0.4, -0.2) is 22.1 Å². The van der Waals surface area contributed by atoms with Gasteiger partial charge in [-0.2, -0.15) is 0 Å². The van der Waals surface area contributed by atoms with Crippen molar-refractivity contribution in [2.45, 2.75) is 25.8 Å². The zero-order chi connectivity index (χ0) is 9.84. The fourth-order valence-electron chi connectivity index (χ4n) is 0.954. The maximum atomic E-state index is 10.3. The monoisotopic (exact) mass is 200 g/mol. The van der Waals surface area contributed by atoms with Crippen LogP contribution in [0.1, 0.15) is 17.6 Å². The highest BCUT2D eigenvalue weighted by atomic mass is 32.1. The van der Waals surface area contributed by atoms with Crippen molar-refractivity contribution in [3.05, 3.63) is 16.1 Å². The number of aliphatic carboxylic acids is 1.